The van der Waals surface area contributed by atoms with Crippen LogP contribution in [0.1, 0.15) is 182 Å². The van der Waals surface area contributed by atoms with Gasteiger partial charge in [0.15, 0.2) is 6.10 Å². The molecule has 0 spiro atoms. The third kappa shape index (κ3) is 26.5. The number of carbonyl (C=O) groups is 6. The van der Waals surface area contributed by atoms with E-state index in [0.29, 0.717) is 47.6 Å². The van der Waals surface area contributed by atoms with Gasteiger partial charge in [-0.1, -0.05) is 113 Å². The van der Waals surface area contributed by atoms with Gasteiger partial charge in [-0.3, -0.25) is 29.4 Å². The first-order chi connectivity index (χ1) is 34.0. The molecule has 0 saturated heterocycles. The molecule has 0 fully saturated rings. The van der Waals surface area contributed by atoms with Crippen LogP contribution in [0.15, 0.2) is 23.6 Å². The third-order valence-corrected chi connectivity index (χ3v) is 15.7. The molecule has 8 N–H and O–H groups in total. The number of hydrazine groups is 1. The number of nitrogens with two attached hydrogens (primary N) is 2. The lowest BCUT2D eigenvalue weighted by atomic mass is 9.79. The van der Waals surface area contributed by atoms with Gasteiger partial charge in [0.1, 0.15) is 23.1 Å². The molecule has 20 heteroatoms. The number of amides is 5. The minimum atomic E-state index is -0.884. The predicted molar refractivity (Wildman–Crippen MR) is 285 cm³/mol. The first-order valence-corrected chi connectivity index (χ1v) is 28.9. The van der Waals surface area contributed by atoms with Crippen LogP contribution in [0, 0.1) is 17.7 Å². The monoisotopic (exact) mass is 1050 g/mol. The highest BCUT2D eigenvalue weighted by atomic mass is 33.1. The number of unbranched alkanes of at least 4 members (excludes halogenated alkanes) is 10. The predicted octanol–water partition coefficient (Wildman–Crippen LogP) is 8.88. The van der Waals surface area contributed by atoms with Crippen LogP contribution < -0.4 is 33.0 Å². The summed E-state index contributed by atoms with van der Waals surface area (Å²) in [5.41, 5.74) is 16.5. The van der Waals surface area contributed by atoms with Gasteiger partial charge in [-0.05, 0) is 93.8 Å². The quantitative estimate of drug-likeness (QED) is 0.0170. The maximum atomic E-state index is 14.4. The number of aromatic nitrogens is 1. The van der Waals surface area contributed by atoms with Crippen molar-refractivity contribution < 1.29 is 42.6 Å². The zero-order valence-corrected chi connectivity index (χ0v) is 45.9. The number of rotatable bonds is 33. The number of fused-ring (bicyclic) bond motifs is 1. The molecular formula is C51H85FN8O8S3. The van der Waals surface area contributed by atoms with E-state index in [4.69, 9.17) is 20.9 Å². The lowest BCUT2D eigenvalue weighted by Gasteiger charge is -2.34. The van der Waals surface area contributed by atoms with Gasteiger partial charge in [0.25, 0.3) is 5.91 Å². The van der Waals surface area contributed by atoms with Gasteiger partial charge in [0.2, 0.25) is 17.7 Å². The average Bonchev–Trinajstić information content (AvgIpc) is 3.83. The topological polar surface area (TPSA) is 237 Å². The number of benzene rings is 1. The molecule has 1 heterocycles. The van der Waals surface area contributed by atoms with Crippen molar-refractivity contribution >= 4 is 68.6 Å². The van der Waals surface area contributed by atoms with E-state index in [0.717, 1.165) is 57.4 Å². The van der Waals surface area contributed by atoms with E-state index in [2.05, 4.69) is 26.5 Å². The molecule has 2 aromatic rings. The van der Waals surface area contributed by atoms with Crippen LogP contribution in [-0.2, 0) is 35.1 Å². The Morgan fingerprint density at radius 2 is 1.59 bits per heavy atom. The zero-order chi connectivity index (χ0) is 52.6. The van der Waals surface area contributed by atoms with Crippen LogP contribution in [0.2, 0.25) is 0 Å². The number of esters is 1. The number of hydrogen-bond donors (Lipinski definition) is 6. The minimum Gasteiger partial charge on any atom is -0.455 e. The van der Waals surface area contributed by atoms with Gasteiger partial charge in [-0.25, -0.2) is 19.6 Å². The molecule has 1 aliphatic carbocycles. The average molecular weight is 1050 g/mol. The third-order valence-electron chi connectivity index (χ3n) is 12.3. The van der Waals surface area contributed by atoms with E-state index in [1.165, 1.54) is 75.3 Å². The fourth-order valence-corrected chi connectivity index (χ4v) is 10.9. The Bertz CT molecular complexity index is 1890. The highest BCUT2D eigenvalue weighted by Gasteiger charge is 2.35. The van der Waals surface area contributed by atoms with E-state index >= 15 is 0 Å². The normalized spacial score (nSPS) is 15.3. The smallest absolute Gasteiger partial charge is 0.426 e. The first kappa shape index (κ1) is 63.1. The molecule has 0 radical (unpaired) electrons. The molecule has 1 aliphatic rings. The van der Waals surface area contributed by atoms with Crippen molar-refractivity contribution in [2.45, 2.75) is 174 Å². The highest BCUT2D eigenvalue weighted by molar-refractivity contribution is 8.76. The largest absolute Gasteiger partial charge is 0.455 e. The van der Waals surface area contributed by atoms with Crippen molar-refractivity contribution in [2.24, 2.45) is 23.3 Å². The first-order valence-electron chi connectivity index (χ1n) is 25.6. The van der Waals surface area contributed by atoms with Crippen LogP contribution in [0.5, 0.6) is 0 Å². The van der Waals surface area contributed by atoms with E-state index < -0.39 is 47.8 Å². The second kappa shape index (κ2) is 36.9. The van der Waals surface area contributed by atoms with Gasteiger partial charge in [0, 0.05) is 62.2 Å². The molecule has 5 amide bonds. The summed E-state index contributed by atoms with van der Waals surface area (Å²) >= 11 is 1.18. The Morgan fingerprint density at radius 1 is 0.930 bits per heavy atom. The number of hydrogen-bond acceptors (Lipinski definition) is 14. The second-order valence-corrected chi connectivity index (χ2v) is 22.3. The maximum Gasteiger partial charge on any atom is 0.426 e. The van der Waals surface area contributed by atoms with Gasteiger partial charge in [-0.15, -0.1) is 11.3 Å². The standard InChI is InChI=1S/C44H69FN6O7S3.C7H16N2O/c1-7-30(4)23-40(53)51(6)38(29(2)3)27-39(58-31(5)52)43-48-37(28-59-43)42(55)47-34-24-32-17-18-33(45)25-35(32)36(26-34)41(54)49-50-44(56)57-20-22-61-60-21-16-14-12-10-8-9-11-13-15-19-46;1-9-6-4-2-3-5-7(8)10/h17-18,25,28-30,34,36,38-39H,7-16,19-24,26-27,46H2,1-6H3,(H,47,55)(H,49,54)(H,50,56);9H,2-6H2,1H3,(H2,8,10)/t30-,34?,36+,38?,39?;/m0./s1. The molecule has 402 valence electrons. The van der Waals surface area contributed by atoms with Crippen molar-refractivity contribution in [3.05, 3.63) is 51.2 Å². The lowest BCUT2D eigenvalue weighted by molar-refractivity contribution is -0.148. The number of primary amides is 1. The molecule has 0 aliphatic heterocycles. The van der Waals surface area contributed by atoms with E-state index in [1.54, 1.807) is 45.0 Å². The van der Waals surface area contributed by atoms with E-state index in [9.17, 15) is 33.2 Å². The van der Waals surface area contributed by atoms with Crippen molar-refractivity contribution in [2.75, 3.05) is 45.3 Å². The molecule has 16 nitrogen and oxygen atoms in total. The van der Waals surface area contributed by atoms with E-state index in [-0.39, 0.29) is 48.4 Å². The summed E-state index contributed by atoms with van der Waals surface area (Å²) in [4.78, 5) is 81.3. The minimum absolute atomic E-state index is 0.0142. The van der Waals surface area contributed by atoms with Crippen LogP contribution in [0.3, 0.4) is 0 Å². The van der Waals surface area contributed by atoms with Crippen molar-refractivity contribution in [3.63, 3.8) is 0 Å². The molecule has 1 aromatic carbocycles. The number of halogens is 1. The molecule has 3 rings (SSSR count). The Balaban J connectivity index is 0.00000155. The summed E-state index contributed by atoms with van der Waals surface area (Å²) < 4.78 is 25.4. The maximum absolute atomic E-state index is 14.4. The number of nitrogens with one attached hydrogen (secondary N) is 4. The number of ether oxygens (including phenoxy) is 2. The fraction of sp³-hybridized carbons (Fsp3) is 0.706. The summed E-state index contributed by atoms with van der Waals surface area (Å²) in [7, 11) is 7.09. The van der Waals surface area contributed by atoms with Gasteiger partial charge < -0.3 is 36.5 Å². The summed E-state index contributed by atoms with van der Waals surface area (Å²) in [6.45, 7) is 11.4. The molecule has 3 unspecified atom stereocenters. The fourth-order valence-electron chi connectivity index (χ4n) is 8.10. The van der Waals surface area contributed by atoms with Crippen LogP contribution in [0.4, 0.5) is 9.18 Å². The molecule has 71 heavy (non-hydrogen) atoms. The summed E-state index contributed by atoms with van der Waals surface area (Å²) in [6.07, 6.45) is 15.3. The van der Waals surface area contributed by atoms with Crippen molar-refractivity contribution in [3.8, 4) is 0 Å². The number of nitrogens with zero attached hydrogens (tertiary/aromatic N) is 2. The lowest BCUT2D eigenvalue weighted by Crippen LogP contribution is -2.48. The summed E-state index contributed by atoms with van der Waals surface area (Å²) in [6, 6.07) is 3.43. The van der Waals surface area contributed by atoms with Crippen molar-refractivity contribution in [1.29, 1.82) is 0 Å². The zero-order valence-electron chi connectivity index (χ0n) is 43.5. The molecule has 0 saturated carbocycles. The summed E-state index contributed by atoms with van der Waals surface area (Å²) in [5.74, 6) is -1.21. The summed E-state index contributed by atoms with van der Waals surface area (Å²) in [5, 5.41) is 8.02. The van der Waals surface area contributed by atoms with Gasteiger partial charge in [-0.2, -0.15) is 0 Å². The Labute approximate surface area is 434 Å². The van der Waals surface area contributed by atoms with E-state index in [1.807, 2.05) is 34.7 Å². The molecule has 1 aromatic heterocycles. The molecule has 5 atom stereocenters. The molecular weight excluding hydrogens is 968 g/mol. The SMILES string of the molecule is CC[C@H](C)CC(=O)N(C)C(CC(OC(C)=O)c1nc(C(=O)NC2Cc3ccc(F)cc3[C@H](C(=O)NNC(=O)OCCSSCCCCCCCCCCCN)C2)cs1)C(C)C.CNCCCCCC(N)=O. The Kier molecular flexibility index (Phi) is 32.8. The Morgan fingerprint density at radius 3 is 2.23 bits per heavy atom. The molecule has 0 bridgehead atoms. The Hall–Kier alpha value is -3.98. The number of carbonyl (C=O) groups excluding carboxylic acids is 6. The van der Waals surface area contributed by atoms with Crippen LogP contribution in [0.25, 0.3) is 0 Å². The second-order valence-electron chi connectivity index (χ2n) is 18.7. The van der Waals surface area contributed by atoms with Crippen LogP contribution in [-0.4, -0.2) is 103 Å². The van der Waals surface area contributed by atoms with Crippen molar-refractivity contribution in [1.82, 2.24) is 31.4 Å². The van der Waals surface area contributed by atoms with Gasteiger partial charge >= 0.3 is 12.1 Å². The van der Waals surface area contributed by atoms with Gasteiger partial charge in [0.05, 0.1) is 5.92 Å². The van der Waals surface area contributed by atoms with Crippen LogP contribution >= 0.6 is 32.9 Å². The highest BCUT2D eigenvalue weighted by Crippen LogP contribution is 2.34. The number of thiazole rings is 1.